The summed E-state index contributed by atoms with van der Waals surface area (Å²) < 4.78 is 41.7. The molecule has 2 amide bonds. The molecule has 3 aromatic rings. The number of halogens is 4. The molecule has 0 aliphatic carbocycles. The molecule has 0 N–H and O–H groups in total. The maximum absolute atomic E-state index is 13.6. The zero-order chi connectivity index (χ0) is 23.3. The average Bonchev–Trinajstić information content (AvgIpc) is 3.30. The molecule has 5 rings (SSSR count). The van der Waals surface area contributed by atoms with E-state index in [0.717, 1.165) is 16.6 Å². The Morgan fingerprint density at radius 2 is 1.45 bits per heavy atom. The first-order valence-corrected chi connectivity index (χ1v) is 10.9. The van der Waals surface area contributed by atoms with Gasteiger partial charge < -0.3 is 0 Å². The van der Waals surface area contributed by atoms with Gasteiger partial charge in [-0.2, -0.15) is 13.2 Å². The molecular formula is C24H16BrF3N2O3. The SMILES string of the molecule is O=C1[C@H]2[C@@H](ON(c3ccccc3)[C@H]2c2ccc(Br)cc2)C(=O)N1c1ccccc1C(F)(F)F. The maximum atomic E-state index is 13.6. The zero-order valence-corrected chi connectivity index (χ0v) is 18.5. The van der Waals surface area contributed by atoms with E-state index in [1.807, 2.05) is 6.07 Å². The van der Waals surface area contributed by atoms with Gasteiger partial charge in [-0.1, -0.05) is 58.4 Å². The van der Waals surface area contributed by atoms with Crippen molar-refractivity contribution in [2.45, 2.75) is 18.3 Å². The number of carbonyl (C=O) groups excluding carboxylic acids is 2. The van der Waals surface area contributed by atoms with Crippen molar-refractivity contribution in [3.8, 4) is 0 Å². The van der Waals surface area contributed by atoms with Crippen LogP contribution in [0.4, 0.5) is 24.5 Å². The lowest BCUT2D eigenvalue weighted by atomic mass is 9.90. The van der Waals surface area contributed by atoms with Crippen molar-refractivity contribution in [2.24, 2.45) is 5.92 Å². The van der Waals surface area contributed by atoms with Crippen LogP contribution in [0.3, 0.4) is 0 Å². The summed E-state index contributed by atoms with van der Waals surface area (Å²) in [5, 5.41) is 1.50. The van der Waals surface area contributed by atoms with Crippen LogP contribution in [0.1, 0.15) is 17.2 Å². The Morgan fingerprint density at radius 3 is 2.12 bits per heavy atom. The molecule has 0 spiro atoms. The van der Waals surface area contributed by atoms with Gasteiger partial charge in [-0.15, -0.1) is 0 Å². The summed E-state index contributed by atoms with van der Waals surface area (Å²) in [6.45, 7) is 0. The number of anilines is 2. The van der Waals surface area contributed by atoms with Crippen LogP contribution in [0.5, 0.6) is 0 Å². The second kappa shape index (κ2) is 8.00. The Morgan fingerprint density at radius 1 is 0.818 bits per heavy atom. The second-order valence-corrected chi connectivity index (χ2v) is 8.65. The fourth-order valence-electron chi connectivity index (χ4n) is 4.36. The molecule has 5 nitrogen and oxygen atoms in total. The lowest BCUT2D eigenvalue weighted by Gasteiger charge is -2.29. The van der Waals surface area contributed by atoms with Crippen LogP contribution in [0, 0.1) is 5.92 Å². The number of amides is 2. The van der Waals surface area contributed by atoms with Gasteiger partial charge in [-0.05, 0) is 42.0 Å². The molecule has 0 radical (unpaired) electrons. The highest BCUT2D eigenvalue weighted by Gasteiger charge is 2.61. The number of rotatable bonds is 3. The Balaban J connectivity index is 1.60. The number of hydrogen-bond acceptors (Lipinski definition) is 4. The second-order valence-electron chi connectivity index (χ2n) is 7.74. The molecule has 168 valence electrons. The summed E-state index contributed by atoms with van der Waals surface area (Å²) in [7, 11) is 0. The van der Waals surface area contributed by atoms with E-state index < -0.39 is 47.3 Å². The molecule has 2 aliphatic rings. The van der Waals surface area contributed by atoms with Crippen LogP contribution >= 0.6 is 15.9 Å². The smallest absolute Gasteiger partial charge is 0.273 e. The van der Waals surface area contributed by atoms with Gasteiger partial charge in [-0.25, -0.2) is 9.96 Å². The first kappa shape index (κ1) is 21.7. The van der Waals surface area contributed by atoms with Crippen LogP contribution in [0.25, 0.3) is 0 Å². The zero-order valence-electron chi connectivity index (χ0n) is 16.9. The minimum absolute atomic E-state index is 0.487. The van der Waals surface area contributed by atoms with Crippen molar-refractivity contribution in [3.63, 3.8) is 0 Å². The van der Waals surface area contributed by atoms with Crippen LogP contribution in [-0.4, -0.2) is 17.9 Å². The number of para-hydroxylation sites is 2. The van der Waals surface area contributed by atoms with Gasteiger partial charge >= 0.3 is 6.18 Å². The largest absolute Gasteiger partial charge is 0.418 e. The Bertz CT molecular complexity index is 1220. The highest BCUT2D eigenvalue weighted by atomic mass is 79.9. The van der Waals surface area contributed by atoms with Gasteiger partial charge in [-0.3, -0.25) is 14.4 Å². The minimum atomic E-state index is -4.73. The van der Waals surface area contributed by atoms with Crippen molar-refractivity contribution in [3.05, 3.63) is 94.5 Å². The number of fused-ring (bicyclic) bond motifs is 1. The predicted octanol–water partition coefficient (Wildman–Crippen LogP) is 5.52. The molecule has 2 aliphatic heterocycles. The average molecular weight is 517 g/mol. The molecule has 2 fully saturated rings. The number of nitrogens with zero attached hydrogens (tertiary/aromatic N) is 2. The molecule has 3 atom stereocenters. The Kier molecular flexibility index (Phi) is 5.25. The molecule has 9 heteroatoms. The first-order chi connectivity index (χ1) is 15.8. The summed E-state index contributed by atoms with van der Waals surface area (Å²) in [6, 6.07) is 20.0. The first-order valence-electron chi connectivity index (χ1n) is 10.1. The van der Waals surface area contributed by atoms with E-state index in [9.17, 15) is 22.8 Å². The Hall–Kier alpha value is -3.17. The van der Waals surface area contributed by atoms with E-state index in [1.165, 1.54) is 17.2 Å². The van der Waals surface area contributed by atoms with E-state index >= 15 is 0 Å². The quantitative estimate of drug-likeness (QED) is 0.430. The molecule has 0 aromatic heterocycles. The van der Waals surface area contributed by atoms with Gasteiger partial charge in [0.15, 0.2) is 6.10 Å². The lowest BCUT2D eigenvalue weighted by molar-refractivity contribution is -0.137. The summed E-state index contributed by atoms with van der Waals surface area (Å²) >= 11 is 3.38. The summed E-state index contributed by atoms with van der Waals surface area (Å²) in [5.41, 5.74) is -0.213. The highest BCUT2D eigenvalue weighted by Crippen LogP contribution is 2.49. The number of imide groups is 1. The van der Waals surface area contributed by atoms with Crippen LogP contribution < -0.4 is 9.96 Å². The van der Waals surface area contributed by atoms with Crippen molar-refractivity contribution in [1.82, 2.24) is 0 Å². The molecule has 2 saturated heterocycles. The van der Waals surface area contributed by atoms with E-state index in [2.05, 4.69) is 15.9 Å². The third-order valence-electron chi connectivity index (χ3n) is 5.79. The predicted molar refractivity (Wildman–Crippen MR) is 118 cm³/mol. The number of carbonyl (C=O) groups is 2. The maximum Gasteiger partial charge on any atom is 0.418 e. The van der Waals surface area contributed by atoms with E-state index in [4.69, 9.17) is 4.84 Å². The van der Waals surface area contributed by atoms with Crippen molar-refractivity contribution < 1.29 is 27.6 Å². The lowest BCUT2D eigenvalue weighted by Crippen LogP contribution is -2.38. The molecule has 0 saturated carbocycles. The molecule has 2 heterocycles. The van der Waals surface area contributed by atoms with E-state index in [0.29, 0.717) is 16.2 Å². The fraction of sp³-hybridized carbons (Fsp3) is 0.167. The topological polar surface area (TPSA) is 49.9 Å². The van der Waals surface area contributed by atoms with Crippen LogP contribution in [0.2, 0.25) is 0 Å². The third kappa shape index (κ3) is 3.61. The standard InChI is InChI=1S/C24H16BrF3N2O3/c25-15-12-10-14(11-13-15)20-19-21(33-30(20)16-6-2-1-3-7-16)23(32)29(22(19)31)18-9-5-4-8-17(18)24(26,27)28/h1-13,19-21H/t19-,20+,21-/m1/s1. The molecule has 33 heavy (non-hydrogen) atoms. The van der Waals surface area contributed by atoms with Gasteiger partial charge in [0.25, 0.3) is 5.91 Å². The Labute approximate surface area is 195 Å². The van der Waals surface area contributed by atoms with Crippen molar-refractivity contribution in [1.29, 1.82) is 0 Å². The summed E-state index contributed by atoms with van der Waals surface area (Å²) in [6.07, 6.45) is -5.97. The molecule has 3 aromatic carbocycles. The van der Waals surface area contributed by atoms with Crippen LogP contribution in [-0.2, 0) is 20.6 Å². The number of hydroxylamine groups is 1. The molecular weight excluding hydrogens is 501 g/mol. The van der Waals surface area contributed by atoms with Crippen molar-refractivity contribution in [2.75, 3.05) is 9.96 Å². The third-order valence-corrected chi connectivity index (χ3v) is 6.32. The van der Waals surface area contributed by atoms with Gasteiger partial charge in [0, 0.05) is 4.47 Å². The van der Waals surface area contributed by atoms with Gasteiger partial charge in [0.05, 0.1) is 23.0 Å². The fourth-order valence-corrected chi connectivity index (χ4v) is 4.62. The van der Waals surface area contributed by atoms with E-state index in [1.54, 1.807) is 48.5 Å². The highest BCUT2D eigenvalue weighted by molar-refractivity contribution is 9.10. The van der Waals surface area contributed by atoms with Gasteiger partial charge in [0.2, 0.25) is 5.91 Å². The van der Waals surface area contributed by atoms with Crippen molar-refractivity contribution >= 4 is 39.1 Å². The molecule has 0 unspecified atom stereocenters. The minimum Gasteiger partial charge on any atom is -0.273 e. The van der Waals surface area contributed by atoms with E-state index in [-0.39, 0.29) is 0 Å². The molecule has 0 bridgehead atoms. The summed E-state index contributed by atoms with van der Waals surface area (Å²) in [5.74, 6) is -2.56. The van der Waals surface area contributed by atoms with Gasteiger partial charge in [0.1, 0.15) is 5.92 Å². The number of benzene rings is 3. The normalized spacial score (nSPS) is 22.7. The van der Waals surface area contributed by atoms with Crippen LogP contribution in [0.15, 0.2) is 83.3 Å². The summed E-state index contributed by atoms with van der Waals surface area (Å²) in [4.78, 5) is 33.4. The number of hydrogen-bond donors (Lipinski definition) is 0. The monoisotopic (exact) mass is 516 g/mol. The number of alkyl halides is 3.